The van der Waals surface area contributed by atoms with Crippen LogP contribution in [0, 0.1) is 5.82 Å². The molecule has 1 aromatic heterocycles. The number of nitrogens with zero attached hydrogens (tertiary/aromatic N) is 1. The molecule has 25 heavy (non-hydrogen) atoms. The van der Waals surface area contributed by atoms with Crippen molar-refractivity contribution < 1.29 is 23.5 Å². The van der Waals surface area contributed by atoms with Crippen LogP contribution in [0.3, 0.4) is 0 Å². The molecule has 0 aliphatic rings. The SMILES string of the molecule is COc1ccc(/C=C/C(=O)OCC(=O)N(C)Cc2ccsc2)cc1F. The standard InChI is InChI=1S/C18H18FNO4S/c1-20(10-14-7-8-25-12-14)17(21)11-24-18(22)6-4-13-3-5-16(23-2)15(19)9-13/h3-9,12H,10-11H2,1-2H3/b6-4+. The summed E-state index contributed by atoms with van der Waals surface area (Å²) in [4.78, 5) is 25.1. The van der Waals surface area contributed by atoms with Gasteiger partial charge in [0.05, 0.1) is 7.11 Å². The zero-order valence-electron chi connectivity index (χ0n) is 13.9. The lowest BCUT2D eigenvalue weighted by Gasteiger charge is -2.15. The van der Waals surface area contributed by atoms with Crippen LogP contribution in [0.15, 0.2) is 41.1 Å². The molecular weight excluding hydrogens is 345 g/mol. The lowest BCUT2D eigenvalue weighted by atomic mass is 10.2. The van der Waals surface area contributed by atoms with Gasteiger partial charge in [0.25, 0.3) is 5.91 Å². The predicted octanol–water partition coefficient (Wildman–Crippen LogP) is 3.11. The fraction of sp³-hybridized carbons (Fsp3) is 0.222. The molecule has 1 amide bonds. The minimum Gasteiger partial charge on any atom is -0.494 e. The summed E-state index contributed by atoms with van der Waals surface area (Å²) in [6.07, 6.45) is 2.55. The quantitative estimate of drug-likeness (QED) is 0.560. The molecule has 5 nitrogen and oxygen atoms in total. The molecule has 0 unspecified atom stereocenters. The Morgan fingerprint density at radius 3 is 2.76 bits per heavy atom. The fourth-order valence-corrected chi connectivity index (χ4v) is 2.65. The third-order valence-electron chi connectivity index (χ3n) is 3.35. The van der Waals surface area contributed by atoms with Crippen molar-refractivity contribution in [2.45, 2.75) is 6.54 Å². The lowest BCUT2D eigenvalue weighted by molar-refractivity contribution is -0.147. The number of hydrogen-bond donors (Lipinski definition) is 0. The third-order valence-corrected chi connectivity index (χ3v) is 4.08. The van der Waals surface area contributed by atoms with E-state index in [9.17, 15) is 14.0 Å². The molecule has 7 heteroatoms. The number of carbonyl (C=O) groups excluding carboxylic acids is 2. The van der Waals surface area contributed by atoms with E-state index in [4.69, 9.17) is 9.47 Å². The van der Waals surface area contributed by atoms with E-state index in [1.165, 1.54) is 30.2 Å². The second-order valence-electron chi connectivity index (χ2n) is 5.22. The second-order valence-corrected chi connectivity index (χ2v) is 6.00. The maximum Gasteiger partial charge on any atom is 0.331 e. The van der Waals surface area contributed by atoms with Gasteiger partial charge >= 0.3 is 5.97 Å². The monoisotopic (exact) mass is 363 g/mol. The normalized spacial score (nSPS) is 10.7. The van der Waals surface area contributed by atoms with Gasteiger partial charge in [-0.05, 0) is 46.2 Å². The molecule has 0 aliphatic carbocycles. The van der Waals surface area contributed by atoms with Gasteiger partial charge in [0, 0.05) is 19.7 Å². The molecule has 0 fully saturated rings. The van der Waals surface area contributed by atoms with Crippen LogP contribution in [0.25, 0.3) is 6.08 Å². The molecule has 0 spiro atoms. The predicted molar refractivity (Wildman–Crippen MR) is 93.7 cm³/mol. The number of ether oxygens (including phenoxy) is 2. The maximum absolute atomic E-state index is 13.5. The van der Waals surface area contributed by atoms with E-state index in [0.29, 0.717) is 12.1 Å². The van der Waals surface area contributed by atoms with Crippen LogP contribution >= 0.6 is 11.3 Å². The third kappa shape index (κ3) is 5.72. The molecule has 0 N–H and O–H groups in total. The zero-order valence-corrected chi connectivity index (χ0v) is 14.7. The van der Waals surface area contributed by atoms with Gasteiger partial charge in [0.15, 0.2) is 18.2 Å². The summed E-state index contributed by atoms with van der Waals surface area (Å²) in [6.45, 7) is 0.113. The number of methoxy groups -OCH3 is 1. The Kier molecular flexibility index (Phi) is 6.71. The highest BCUT2D eigenvalue weighted by atomic mass is 32.1. The Bertz CT molecular complexity index is 758. The van der Waals surface area contributed by atoms with Crippen LogP contribution < -0.4 is 4.74 Å². The molecule has 1 heterocycles. The van der Waals surface area contributed by atoms with Crippen molar-refractivity contribution in [2.75, 3.05) is 20.8 Å². The van der Waals surface area contributed by atoms with Crippen LogP contribution in [-0.4, -0.2) is 37.5 Å². The number of carbonyl (C=O) groups is 2. The van der Waals surface area contributed by atoms with E-state index in [1.807, 2.05) is 16.8 Å². The van der Waals surface area contributed by atoms with Gasteiger partial charge < -0.3 is 14.4 Å². The van der Waals surface area contributed by atoms with Crippen molar-refractivity contribution in [2.24, 2.45) is 0 Å². The molecule has 0 bridgehead atoms. The highest BCUT2D eigenvalue weighted by molar-refractivity contribution is 7.07. The minimum absolute atomic E-state index is 0.124. The molecular formula is C18H18FNO4S. The highest BCUT2D eigenvalue weighted by Gasteiger charge is 2.11. The fourth-order valence-electron chi connectivity index (χ4n) is 1.99. The van der Waals surface area contributed by atoms with Crippen LogP contribution in [0.2, 0.25) is 0 Å². The smallest absolute Gasteiger partial charge is 0.331 e. The van der Waals surface area contributed by atoms with Crippen molar-refractivity contribution in [1.29, 1.82) is 0 Å². The van der Waals surface area contributed by atoms with Crippen molar-refractivity contribution in [1.82, 2.24) is 4.90 Å². The van der Waals surface area contributed by atoms with Gasteiger partial charge in [0.1, 0.15) is 0 Å². The van der Waals surface area contributed by atoms with E-state index in [1.54, 1.807) is 24.5 Å². The van der Waals surface area contributed by atoms with E-state index in [0.717, 1.165) is 11.6 Å². The van der Waals surface area contributed by atoms with Crippen molar-refractivity contribution in [3.05, 3.63) is 58.0 Å². The number of esters is 1. The number of benzene rings is 1. The number of amides is 1. The van der Waals surface area contributed by atoms with Crippen molar-refractivity contribution in [3.63, 3.8) is 0 Å². The minimum atomic E-state index is -0.673. The molecule has 2 rings (SSSR count). The van der Waals surface area contributed by atoms with Crippen LogP contribution in [-0.2, 0) is 20.9 Å². The first kappa shape index (κ1) is 18.7. The summed E-state index contributed by atoms with van der Waals surface area (Å²) in [6, 6.07) is 6.23. The average molecular weight is 363 g/mol. The summed E-state index contributed by atoms with van der Waals surface area (Å²) in [7, 11) is 3.02. The molecule has 2 aromatic rings. The van der Waals surface area contributed by atoms with Gasteiger partial charge in [-0.3, -0.25) is 4.79 Å². The first-order chi connectivity index (χ1) is 12.0. The highest BCUT2D eigenvalue weighted by Crippen LogP contribution is 2.18. The maximum atomic E-state index is 13.5. The van der Waals surface area contributed by atoms with Crippen LogP contribution in [0.5, 0.6) is 5.75 Å². The summed E-state index contributed by atoms with van der Waals surface area (Å²) in [5, 5.41) is 3.88. The first-order valence-corrected chi connectivity index (χ1v) is 8.37. The molecule has 0 saturated heterocycles. The Labute approximate surface area is 149 Å². The van der Waals surface area contributed by atoms with Crippen molar-refractivity contribution in [3.8, 4) is 5.75 Å². The topological polar surface area (TPSA) is 55.8 Å². The van der Waals surface area contributed by atoms with Gasteiger partial charge in [-0.25, -0.2) is 9.18 Å². The number of rotatable bonds is 7. The van der Waals surface area contributed by atoms with E-state index in [2.05, 4.69) is 0 Å². The van der Waals surface area contributed by atoms with Crippen LogP contribution in [0.4, 0.5) is 4.39 Å². The molecule has 0 atom stereocenters. The first-order valence-electron chi connectivity index (χ1n) is 7.43. The van der Waals surface area contributed by atoms with E-state index in [-0.39, 0.29) is 18.3 Å². The van der Waals surface area contributed by atoms with Gasteiger partial charge in [-0.15, -0.1) is 0 Å². The second kappa shape index (κ2) is 8.98. The number of halogens is 1. The van der Waals surface area contributed by atoms with E-state index < -0.39 is 11.8 Å². The van der Waals surface area contributed by atoms with Crippen LogP contribution in [0.1, 0.15) is 11.1 Å². The van der Waals surface area contributed by atoms with E-state index >= 15 is 0 Å². The average Bonchev–Trinajstić information content (AvgIpc) is 3.10. The summed E-state index contributed by atoms with van der Waals surface area (Å²) < 4.78 is 23.3. The largest absolute Gasteiger partial charge is 0.494 e. The number of thiophene rings is 1. The Morgan fingerprint density at radius 1 is 1.32 bits per heavy atom. The van der Waals surface area contributed by atoms with Crippen molar-refractivity contribution >= 4 is 29.3 Å². The Balaban J connectivity index is 1.81. The molecule has 0 saturated carbocycles. The Morgan fingerprint density at radius 2 is 2.12 bits per heavy atom. The zero-order chi connectivity index (χ0) is 18.2. The summed E-state index contributed by atoms with van der Waals surface area (Å²) >= 11 is 1.55. The molecule has 0 radical (unpaired) electrons. The van der Waals surface area contributed by atoms with Gasteiger partial charge in [-0.2, -0.15) is 11.3 Å². The summed E-state index contributed by atoms with van der Waals surface area (Å²) in [5.74, 6) is -1.38. The Hall–Kier alpha value is -2.67. The lowest BCUT2D eigenvalue weighted by Crippen LogP contribution is -2.30. The molecule has 132 valence electrons. The van der Waals surface area contributed by atoms with Gasteiger partial charge in [0.2, 0.25) is 0 Å². The number of hydrogen-bond acceptors (Lipinski definition) is 5. The summed E-state index contributed by atoms with van der Waals surface area (Å²) in [5.41, 5.74) is 1.50. The molecule has 1 aromatic carbocycles. The number of likely N-dealkylation sites (N-methyl/N-ethyl adjacent to an activating group) is 1. The molecule has 0 aliphatic heterocycles. The van der Waals surface area contributed by atoms with Gasteiger partial charge in [-0.1, -0.05) is 6.07 Å².